The Morgan fingerprint density at radius 3 is 2.63 bits per heavy atom. The highest BCUT2D eigenvalue weighted by atomic mass is 35.5. The van der Waals surface area contributed by atoms with E-state index in [0.29, 0.717) is 19.8 Å². The van der Waals surface area contributed by atoms with Gasteiger partial charge in [-0.25, -0.2) is 4.39 Å². The molecule has 0 fully saturated rings. The maximum atomic E-state index is 12.9. The Kier molecular flexibility index (Phi) is 5.19. The zero-order valence-corrected chi connectivity index (χ0v) is 11.2. The summed E-state index contributed by atoms with van der Waals surface area (Å²) in [5.41, 5.74) is 1.84. The molecule has 0 aliphatic rings. The molecule has 2 nitrogen and oxygen atoms in total. The number of ether oxygens (including phenoxy) is 1. The number of benzene rings is 2. The zero-order valence-electron chi connectivity index (χ0n) is 10.4. The Morgan fingerprint density at radius 2 is 1.89 bits per heavy atom. The maximum absolute atomic E-state index is 12.9. The van der Waals surface area contributed by atoms with Gasteiger partial charge >= 0.3 is 0 Å². The van der Waals surface area contributed by atoms with Crippen LogP contribution in [0.4, 0.5) is 10.1 Å². The van der Waals surface area contributed by atoms with E-state index in [1.165, 1.54) is 12.1 Å². The van der Waals surface area contributed by atoms with E-state index in [1.54, 1.807) is 6.07 Å². The molecular weight excluding hydrogens is 265 g/mol. The second-order valence-electron chi connectivity index (χ2n) is 4.12. The molecule has 0 saturated carbocycles. The van der Waals surface area contributed by atoms with E-state index in [2.05, 4.69) is 5.32 Å². The first-order chi connectivity index (χ1) is 9.24. The lowest BCUT2D eigenvalue weighted by molar-refractivity contribution is 0.130. The van der Waals surface area contributed by atoms with Crippen LogP contribution in [-0.4, -0.2) is 13.2 Å². The van der Waals surface area contributed by atoms with Crippen LogP contribution >= 0.6 is 11.6 Å². The molecule has 0 bridgehead atoms. The van der Waals surface area contributed by atoms with Crippen LogP contribution in [0.25, 0.3) is 0 Å². The summed E-state index contributed by atoms with van der Waals surface area (Å²) < 4.78 is 18.4. The number of nitrogens with one attached hydrogen (secondary N) is 1. The highest BCUT2D eigenvalue weighted by Crippen LogP contribution is 2.10. The van der Waals surface area contributed by atoms with E-state index in [9.17, 15) is 4.39 Å². The van der Waals surface area contributed by atoms with Gasteiger partial charge in [-0.1, -0.05) is 29.8 Å². The van der Waals surface area contributed by atoms with Crippen molar-refractivity contribution in [3.8, 4) is 0 Å². The molecule has 0 unspecified atom stereocenters. The molecule has 0 saturated heterocycles. The molecule has 0 aromatic heterocycles. The van der Waals surface area contributed by atoms with Crippen LogP contribution in [0.3, 0.4) is 0 Å². The van der Waals surface area contributed by atoms with Crippen molar-refractivity contribution in [2.75, 3.05) is 18.5 Å². The van der Waals surface area contributed by atoms with Crippen molar-refractivity contribution in [3.63, 3.8) is 0 Å². The SMILES string of the molecule is Fc1cccc(NCCOCc2ccc(Cl)cc2)c1. The molecule has 0 aliphatic carbocycles. The Hall–Kier alpha value is -1.58. The van der Waals surface area contributed by atoms with Gasteiger partial charge in [0, 0.05) is 17.3 Å². The van der Waals surface area contributed by atoms with Gasteiger partial charge in [-0.15, -0.1) is 0 Å². The minimum Gasteiger partial charge on any atom is -0.383 e. The van der Waals surface area contributed by atoms with Crippen LogP contribution in [-0.2, 0) is 11.3 Å². The van der Waals surface area contributed by atoms with Gasteiger partial charge < -0.3 is 10.1 Å². The molecule has 2 aromatic carbocycles. The molecular formula is C15H15ClFNO. The van der Waals surface area contributed by atoms with E-state index in [0.717, 1.165) is 16.3 Å². The first kappa shape index (κ1) is 13.8. The normalized spacial score (nSPS) is 10.4. The van der Waals surface area contributed by atoms with E-state index < -0.39 is 0 Å². The monoisotopic (exact) mass is 279 g/mol. The minimum atomic E-state index is -0.243. The van der Waals surface area contributed by atoms with E-state index in [-0.39, 0.29) is 5.82 Å². The van der Waals surface area contributed by atoms with E-state index >= 15 is 0 Å². The van der Waals surface area contributed by atoms with Crippen LogP contribution in [0.2, 0.25) is 5.02 Å². The molecule has 2 rings (SSSR count). The molecule has 0 amide bonds. The summed E-state index contributed by atoms with van der Waals surface area (Å²) in [6.45, 7) is 1.73. The smallest absolute Gasteiger partial charge is 0.125 e. The van der Waals surface area contributed by atoms with Gasteiger partial charge in [-0.2, -0.15) is 0 Å². The fraction of sp³-hybridized carbons (Fsp3) is 0.200. The van der Waals surface area contributed by atoms with Crippen molar-refractivity contribution in [2.45, 2.75) is 6.61 Å². The third-order valence-corrected chi connectivity index (χ3v) is 2.83. The molecule has 0 aliphatic heterocycles. The predicted octanol–water partition coefficient (Wildman–Crippen LogP) is 4.11. The minimum absolute atomic E-state index is 0.243. The molecule has 0 radical (unpaired) electrons. The van der Waals surface area contributed by atoms with Crippen LogP contribution in [0.15, 0.2) is 48.5 Å². The summed E-state index contributed by atoms with van der Waals surface area (Å²) in [7, 11) is 0. The summed E-state index contributed by atoms with van der Waals surface area (Å²) in [5.74, 6) is -0.243. The summed E-state index contributed by atoms with van der Waals surface area (Å²) in [6.07, 6.45) is 0. The van der Waals surface area contributed by atoms with Crippen molar-refractivity contribution in [1.29, 1.82) is 0 Å². The van der Waals surface area contributed by atoms with Crippen LogP contribution < -0.4 is 5.32 Å². The standard InChI is InChI=1S/C15H15ClFNO/c16-13-6-4-12(5-7-13)11-19-9-8-18-15-3-1-2-14(17)10-15/h1-7,10,18H,8-9,11H2. The van der Waals surface area contributed by atoms with Gasteiger partial charge in [0.15, 0.2) is 0 Å². The van der Waals surface area contributed by atoms with Crippen molar-refractivity contribution >= 4 is 17.3 Å². The lowest BCUT2D eigenvalue weighted by Gasteiger charge is -2.07. The topological polar surface area (TPSA) is 21.3 Å². The summed E-state index contributed by atoms with van der Waals surface area (Å²) in [5, 5.41) is 3.81. The highest BCUT2D eigenvalue weighted by Gasteiger charge is 1.96. The number of anilines is 1. The molecule has 0 atom stereocenters. The lowest BCUT2D eigenvalue weighted by Crippen LogP contribution is -2.09. The van der Waals surface area contributed by atoms with Crippen molar-refractivity contribution in [1.82, 2.24) is 0 Å². The van der Waals surface area contributed by atoms with Crippen molar-refractivity contribution < 1.29 is 9.13 Å². The summed E-state index contributed by atoms with van der Waals surface area (Å²) in [6, 6.07) is 13.9. The summed E-state index contributed by atoms with van der Waals surface area (Å²) >= 11 is 5.79. The molecule has 2 aromatic rings. The summed E-state index contributed by atoms with van der Waals surface area (Å²) in [4.78, 5) is 0. The van der Waals surface area contributed by atoms with E-state index in [1.807, 2.05) is 30.3 Å². The van der Waals surface area contributed by atoms with Crippen molar-refractivity contribution in [3.05, 3.63) is 64.9 Å². The van der Waals surface area contributed by atoms with Crippen LogP contribution in [0.1, 0.15) is 5.56 Å². The van der Waals surface area contributed by atoms with Gasteiger partial charge in [0.05, 0.1) is 13.2 Å². The Labute approximate surface area is 117 Å². The quantitative estimate of drug-likeness (QED) is 0.804. The van der Waals surface area contributed by atoms with Gasteiger partial charge in [0.1, 0.15) is 5.82 Å². The first-order valence-corrected chi connectivity index (χ1v) is 6.43. The van der Waals surface area contributed by atoms with Crippen LogP contribution in [0.5, 0.6) is 0 Å². The molecule has 100 valence electrons. The molecule has 0 spiro atoms. The second kappa shape index (κ2) is 7.12. The van der Waals surface area contributed by atoms with Gasteiger partial charge in [0.25, 0.3) is 0 Å². The maximum Gasteiger partial charge on any atom is 0.125 e. The Bertz CT molecular complexity index is 516. The number of rotatable bonds is 6. The average molecular weight is 280 g/mol. The van der Waals surface area contributed by atoms with E-state index in [4.69, 9.17) is 16.3 Å². The van der Waals surface area contributed by atoms with Crippen molar-refractivity contribution in [2.24, 2.45) is 0 Å². The van der Waals surface area contributed by atoms with Gasteiger partial charge in [0.2, 0.25) is 0 Å². The second-order valence-corrected chi connectivity index (χ2v) is 4.55. The zero-order chi connectivity index (χ0) is 13.5. The average Bonchev–Trinajstić information content (AvgIpc) is 2.41. The molecule has 1 N–H and O–H groups in total. The Balaban J connectivity index is 1.66. The molecule has 0 heterocycles. The van der Waals surface area contributed by atoms with Gasteiger partial charge in [-0.3, -0.25) is 0 Å². The third-order valence-electron chi connectivity index (χ3n) is 2.58. The largest absolute Gasteiger partial charge is 0.383 e. The fourth-order valence-electron chi connectivity index (χ4n) is 1.64. The lowest BCUT2D eigenvalue weighted by atomic mass is 10.2. The molecule has 4 heteroatoms. The molecule has 19 heavy (non-hydrogen) atoms. The fourth-order valence-corrected chi connectivity index (χ4v) is 1.76. The number of hydrogen-bond acceptors (Lipinski definition) is 2. The number of hydrogen-bond donors (Lipinski definition) is 1. The third kappa shape index (κ3) is 4.89. The van der Waals surface area contributed by atoms with Crippen LogP contribution in [0, 0.1) is 5.82 Å². The van der Waals surface area contributed by atoms with Gasteiger partial charge in [-0.05, 0) is 35.9 Å². The predicted molar refractivity (Wildman–Crippen MR) is 76.0 cm³/mol. The Morgan fingerprint density at radius 1 is 1.11 bits per heavy atom. The highest BCUT2D eigenvalue weighted by molar-refractivity contribution is 6.30. The first-order valence-electron chi connectivity index (χ1n) is 6.06. The number of halogens is 2.